The third-order valence-corrected chi connectivity index (χ3v) is 4.28. The first-order valence-corrected chi connectivity index (χ1v) is 7.35. The van der Waals surface area contributed by atoms with Crippen molar-refractivity contribution in [3.05, 3.63) is 28.5 Å². The molecule has 1 aromatic rings. The fraction of sp³-hybridized carbons (Fsp3) is 0.429. The van der Waals surface area contributed by atoms with E-state index in [9.17, 15) is 19.1 Å². The van der Waals surface area contributed by atoms with Gasteiger partial charge in [0.1, 0.15) is 11.4 Å². The number of halogens is 2. The van der Waals surface area contributed by atoms with Crippen LogP contribution in [0, 0.1) is 5.82 Å². The Balaban J connectivity index is 2.03. The summed E-state index contributed by atoms with van der Waals surface area (Å²) >= 11 is 3.14. The molecule has 114 valence electrons. The number of carboxylic acids is 1. The summed E-state index contributed by atoms with van der Waals surface area (Å²) in [4.78, 5) is 24.9. The van der Waals surface area contributed by atoms with Gasteiger partial charge in [-0.1, -0.05) is 15.9 Å². The number of carbonyl (C=O) groups is 2. The number of carbonyl (C=O) groups excluding carboxylic acids is 1. The number of nitrogens with zero attached hydrogens (tertiary/aromatic N) is 1. The Bertz CT molecular complexity index is 581. The maximum atomic E-state index is 13.7. The fourth-order valence-electron chi connectivity index (χ4n) is 2.47. The number of carboxylic acid groups (broad SMARTS) is 1. The van der Waals surface area contributed by atoms with Gasteiger partial charge < -0.3 is 10.4 Å². The number of hydrogen-bond donors (Lipinski definition) is 2. The number of rotatable bonds is 4. The lowest BCUT2D eigenvalue weighted by molar-refractivity contribution is -0.149. The topological polar surface area (TPSA) is 69.6 Å². The van der Waals surface area contributed by atoms with Crippen LogP contribution in [0.1, 0.15) is 19.8 Å². The van der Waals surface area contributed by atoms with Crippen molar-refractivity contribution >= 4 is 33.5 Å². The van der Waals surface area contributed by atoms with Crippen LogP contribution < -0.4 is 5.32 Å². The molecule has 5 nitrogen and oxygen atoms in total. The van der Waals surface area contributed by atoms with E-state index in [-0.39, 0.29) is 12.2 Å². The quantitative estimate of drug-likeness (QED) is 0.867. The minimum Gasteiger partial charge on any atom is -0.480 e. The predicted molar refractivity (Wildman–Crippen MR) is 79.6 cm³/mol. The number of anilines is 1. The lowest BCUT2D eigenvalue weighted by atomic mass is 9.99. The van der Waals surface area contributed by atoms with Crippen LogP contribution in [-0.4, -0.2) is 40.5 Å². The number of hydrogen-bond acceptors (Lipinski definition) is 3. The Kier molecular flexibility index (Phi) is 4.63. The minimum absolute atomic E-state index is 0.0711. The summed E-state index contributed by atoms with van der Waals surface area (Å²) < 4.78 is 14.2. The van der Waals surface area contributed by atoms with Gasteiger partial charge in [0.2, 0.25) is 5.91 Å². The minimum atomic E-state index is -1.03. The molecule has 1 aliphatic heterocycles. The summed E-state index contributed by atoms with van der Waals surface area (Å²) in [5, 5.41) is 11.8. The van der Waals surface area contributed by atoms with E-state index in [4.69, 9.17) is 0 Å². The van der Waals surface area contributed by atoms with Crippen molar-refractivity contribution < 1.29 is 19.1 Å². The van der Waals surface area contributed by atoms with Gasteiger partial charge in [-0.15, -0.1) is 0 Å². The maximum Gasteiger partial charge on any atom is 0.323 e. The van der Waals surface area contributed by atoms with Crippen LogP contribution in [-0.2, 0) is 9.59 Å². The zero-order valence-electron chi connectivity index (χ0n) is 11.5. The van der Waals surface area contributed by atoms with Crippen molar-refractivity contribution in [2.75, 3.05) is 18.4 Å². The van der Waals surface area contributed by atoms with Crippen molar-refractivity contribution in [3.8, 4) is 0 Å². The molecule has 0 bridgehead atoms. The first-order valence-electron chi connectivity index (χ1n) is 6.56. The molecule has 1 atom stereocenters. The average molecular weight is 359 g/mol. The SMILES string of the molecule is CC1(C(=O)O)CCCN1CC(=O)Nc1ccc(Br)cc1F. The van der Waals surface area contributed by atoms with Crippen LogP contribution in [0.5, 0.6) is 0 Å². The summed E-state index contributed by atoms with van der Waals surface area (Å²) in [6.07, 6.45) is 1.23. The van der Waals surface area contributed by atoms with Crippen LogP contribution in [0.15, 0.2) is 22.7 Å². The Morgan fingerprint density at radius 3 is 2.86 bits per heavy atom. The number of amides is 1. The van der Waals surface area contributed by atoms with Gasteiger partial charge in [0.15, 0.2) is 0 Å². The van der Waals surface area contributed by atoms with Gasteiger partial charge in [-0.2, -0.15) is 0 Å². The zero-order valence-corrected chi connectivity index (χ0v) is 13.1. The number of benzene rings is 1. The van der Waals surface area contributed by atoms with E-state index >= 15 is 0 Å². The van der Waals surface area contributed by atoms with Gasteiger partial charge in [-0.05, 0) is 44.5 Å². The molecule has 2 rings (SSSR count). The van der Waals surface area contributed by atoms with Crippen molar-refractivity contribution in [2.24, 2.45) is 0 Å². The normalized spacial score (nSPS) is 22.2. The highest BCUT2D eigenvalue weighted by molar-refractivity contribution is 9.10. The van der Waals surface area contributed by atoms with E-state index in [0.29, 0.717) is 17.4 Å². The van der Waals surface area contributed by atoms with Crippen LogP contribution in [0.4, 0.5) is 10.1 Å². The Labute approximate surface area is 130 Å². The van der Waals surface area contributed by atoms with E-state index in [0.717, 1.165) is 6.42 Å². The lowest BCUT2D eigenvalue weighted by Crippen LogP contribution is -2.50. The summed E-state index contributed by atoms with van der Waals surface area (Å²) in [6.45, 7) is 2.08. The standard InChI is InChI=1S/C14H16BrFN2O3/c1-14(13(20)21)5-2-6-18(14)8-12(19)17-11-4-3-9(15)7-10(11)16/h3-4,7H,2,5-6,8H2,1H3,(H,17,19)(H,20,21). The third kappa shape index (κ3) is 3.41. The molecule has 7 heteroatoms. The Hall–Kier alpha value is -1.47. The highest BCUT2D eigenvalue weighted by Crippen LogP contribution is 2.29. The molecular formula is C14H16BrFN2O3. The first kappa shape index (κ1) is 15.9. The van der Waals surface area contributed by atoms with Crippen molar-refractivity contribution in [1.82, 2.24) is 4.90 Å². The Morgan fingerprint density at radius 1 is 1.52 bits per heavy atom. The Morgan fingerprint density at radius 2 is 2.24 bits per heavy atom. The molecule has 0 aliphatic carbocycles. The molecule has 0 saturated carbocycles. The van der Waals surface area contributed by atoms with E-state index in [1.807, 2.05) is 0 Å². The largest absolute Gasteiger partial charge is 0.480 e. The molecule has 1 fully saturated rings. The number of likely N-dealkylation sites (tertiary alicyclic amines) is 1. The second-order valence-electron chi connectivity index (χ2n) is 5.28. The van der Waals surface area contributed by atoms with E-state index in [1.54, 1.807) is 17.9 Å². The van der Waals surface area contributed by atoms with Gasteiger partial charge in [0.25, 0.3) is 0 Å². The number of aliphatic carboxylic acids is 1. The van der Waals surface area contributed by atoms with Crippen LogP contribution in [0.3, 0.4) is 0 Å². The van der Waals surface area contributed by atoms with Crippen LogP contribution in [0.2, 0.25) is 0 Å². The van der Waals surface area contributed by atoms with Crippen LogP contribution >= 0.6 is 15.9 Å². The highest BCUT2D eigenvalue weighted by Gasteiger charge is 2.43. The van der Waals surface area contributed by atoms with Gasteiger partial charge in [0, 0.05) is 4.47 Å². The molecule has 0 radical (unpaired) electrons. The van der Waals surface area contributed by atoms with Gasteiger partial charge in [-0.25, -0.2) is 4.39 Å². The molecule has 2 N–H and O–H groups in total. The molecule has 21 heavy (non-hydrogen) atoms. The van der Waals surface area contributed by atoms with Gasteiger partial charge >= 0.3 is 5.97 Å². The maximum absolute atomic E-state index is 13.7. The van der Waals surface area contributed by atoms with Crippen molar-refractivity contribution in [3.63, 3.8) is 0 Å². The monoisotopic (exact) mass is 358 g/mol. The van der Waals surface area contributed by atoms with Crippen molar-refractivity contribution in [2.45, 2.75) is 25.3 Å². The summed E-state index contributed by atoms with van der Waals surface area (Å²) in [5.74, 6) is -1.91. The molecule has 1 aliphatic rings. The highest BCUT2D eigenvalue weighted by atomic mass is 79.9. The van der Waals surface area contributed by atoms with E-state index in [2.05, 4.69) is 21.2 Å². The average Bonchev–Trinajstić information content (AvgIpc) is 2.76. The molecule has 1 unspecified atom stereocenters. The second-order valence-corrected chi connectivity index (χ2v) is 6.19. The molecule has 1 heterocycles. The molecular weight excluding hydrogens is 343 g/mol. The smallest absolute Gasteiger partial charge is 0.323 e. The summed E-state index contributed by atoms with van der Waals surface area (Å²) in [6, 6.07) is 4.33. The molecule has 1 saturated heterocycles. The summed E-state index contributed by atoms with van der Waals surface area (Å²) in [5.41, 5.74) is -0.949. The van der Waals surface area contributed by atoms with Gasteiger partial charge in [0.05, 0.1) is 12.2 Å². The fourth-order valence-corrected chi connectivity index (χ4v) is 2.80. The number of nitrogens with one attached hydrogen (secondary N) is 1. The zero-order chi connectivity index (χ0) is 15.6. The first-order chi connectivity index (χ1) is 9.83. The lowest BCUT2D eigenvalue weighted by Gasteiger charge is -2.30. The second kappa shape index (κ2) is 6.11. The summed E-state index contributed by atoms with van der Waals surface area (Å²) in [7, 11) is 0. The van der Waals surface area contributed by atoms with E-state index in [1.165, 1.54) is 12.1 Å². The molecule has 1 amide bonds. The van der Waals surface area contributed by atoms with Crippen molar-refractivity contribution in [1.29, 1.82) is 0 Å². The van der Waals surface area contributed by atoms with Crippen LogP contribution in [0.25, 0.3) is 0 Å². The third-order valence-electron chi connectivity index (χ3n) is 3.79. The molecule has 0 spiro atoms. The molecule has 1 aromatic carbocycles. The predicted octanol–water partition coefficient (Wildman–Crippen LogP) is 2.47. The molecule has 0 aromatic heterocycles. The van der Waals surface area contributed by atoms with E-state index < -0.39 is 23.2 Å². The van der Waals surface area contributed by atoms with Gasteiger partial charge in [-0.3, -0.25) is 14.5 Å².